The Morgan fingerprint density at radius 1 is 1.36 bits per heavy atom. The number of hydrogen-bond donors (Lipinski definition) is 1. The third kappa shape index (κ3) is 4.12. The highest BCUT2D eigenvalue weighted by Gasteiger charge is 2.29. The van der Waals surface area contributed by atoms with Crippen LogP contribution < -0.4 is 15.0 Å². The predicted molar refractivity (Wildman–Crippen MR) is 95.0 cm³/mol. The van der Waals surface area contributed by atoms with Crippen molar-refractivity contribution >= 4 is 17.5 Å². The van der Waals surface area contributed by atoms with Crippen LogP contribution in [0.1, 0.15) is 39.2 Å². The van der Waals surface area contributed by atoms with E-state index in [0.717, 1.165) is 25.0 Å². The van der Waals surface area contributed by atoms with Gasteiger partial charge in [-0.15, -0.1) is 0 Å². The summed E-state index contributed by atoms with van der Waals surface area (Å²) in [6, 6.07) is 5.86. The summed E-state index contributed by atoms with van der Waals surface area (Å²) in [5, 5.41) is 2.96. The maximum Gasteiger partial charge on any atom is 0.265 e. The molecule has 2 aliphatic heterocycles. The first kappa shape index (κ1) is 17.7. The maximum atomic E-state index is 12.4. The number of fused-ring (bicyclic) bond motifs is 1. The van der Waals surface area contributed by atoms with Crippen molar-refractivity contribution in [1.82, 2.24) is 5.32 Å². The first-order valence-electron chi connectivity index (χ1n) is 8.79. The molecule has 0 aromatic heterocycles. The minimum Gasteiger partial charge on any atom is -0.482 e. The van der Waals surface area contributed by atoms with Crippen molar-refractivity contribution in [3.05, 3.63) is 23.8 Å². The van der Waals surface area contributed by atoms with E-state index in [0.29, 0.717) is 18.0 Å². The number of rotatable bonds is 3. The van der Waals surface area contributed by atoms with Crippen LogP contribution in [0.5, 0.6) is 5.75 Å². The van der Waals surface area contributed by atoms with Crippen LogP contribution in [0.2, 0.25) is 0 Å². The summed E-state index contributed by atoms with van der Waals surface area (Å²) in [7, 11) is 0. The Bertz CT molecular complexity index is 660. The quantitative estimate of drug-likeness (QED) is 0.909. The van der Waals surface area contributed by atoms with Crippen LogP contribution in [-0.4, -0.2) is 44.2 Å². The molecule has 1 aromatic rings. The summed E-state index contributed by atoms with van der Waals surface area (Å²) in [4.78, 5) is 26.3. The molecular formula is C19H26N2O4. The molecule has 136 valence electrons. The molecule has 0 bridgehead atoms. The highest BCUT2D eigenvalue weighted by Crippen LogP contribution is 2.36. The highest BCUT2D eigenvalue weighted by atomic mass is 16.5. The van der Waals surface area contributed by atoms with Gasteiger partial charge in [0.2, 0.25) is 5.91 Å². The van der Waals surface area contributed by atoms with Gasteiger partial charge in [-0.25, -0.2) is 0 Å². The van der Waals surface area contributed by atoms with E-state index < -0.39 is 0 Å². The standard InChI is InChI=1S/C19H26N2O4/c1-19(2,3)13-6-7-16-15(9-13)21(18(23)12-25-16)10-17(22)20-14-5-4-8-24-11-14/h6-7,9,14H,4-5,8,10-12H2,1-3H3,(H,20,22)/t14-/m0/s1. The third-order valence-electron chi connectivity index (χ3n) is 4.60. The number of benzene rings is 1. The molecule has 0 saturated carbocycles. The minimum absolute atomic E-state index is 0.000705. The fourth-order valence-corrected chi connectivity index (χ4v) is 3.11. The molecule has 0 aliphatic carbocycles. The summed E-state index contributed by atoms with van der Waals surface area (Å²) in [6.07, 6.45) is 1.85. The first-order valence-corrected chi connectivity index (χ1v) is 8.79. The molecule has 1 aromatic carbocycles. The topological polar surface area (TPSA) is 67.9 Å². The van der Waals surface area contributed by atoms with E-state index in [1.165, 1.54) is 4.90 Å². The molecule has 2 heterocycles. The van der Waals surface area contributed by atoms with E-state index in [1.54, 1.807) is 0 Å². The zero-order valence-corrected chi connectivity index (χ0v) is 15.1. The van der Waals surface area contributed by atoms with Gasteiger partial charge in [0, 0.05) is 6.61 Å². The van der Waals surface area contributed by atoms with Crippen molar-refractivity contribution < 1.29 is 19.1 Å². The lowest BCUT2D eigenvalue weighted by molar-refractivity contribution is -0.126. The van der Waals surface area contributed by atoms with Crippen LogP contribution >= 0.6 is 0 Å². The van der Waals surface area contributed by atoms with Crippen molar-refractivity contribution in [2.45, 2.75) is 45.1 Å². The molecule has 2 aliphatic rings. The summed E-state index contributed by atoms with van der Waals surface area (Å²) < 4.78 is 10.9. The summed E-state index contributed by atoms with van der Waals surface area (Å²) in [6.45, 7) is 7.58. The lowest BCUT2D eigenvalue weighted by Crippen LogP contribution is -2.49. The van der Waals surface area contributed by atoms with Gasteiger partial charge in [-0.2, -0.15) is 0 Å². The fourth-order valence-electron chi connectivity index (χ4n) is 3.11. The van der Waals surface area contributed by atoms with Gasteiger partial charge in [0.05, 0.1) is 18.3 Å². The Labute approximate surface area is 148 Å². The second-order valence-corrected chi connectivity index (χ2v) is 7.68. The maximum absolute atomic E-state index is 12.4. The van der Waals surface area contributed by atoms with Crippen molar-refractivity contribution in [1.29, 1.82) is 0 Å². The average molecular weight is 346 g/mol. The molecule has 1 atom stereocenters. The molecule has 25 heavy (non-hydrogen) atoms. The SMILES string of the molecule is CC(C)(C)c1ccc2c(c1)N(CC(=O)N[C@H]1CCCOC1)C(=O)CO2. The molecule has 6 nitrogen and oxygen atoms in total. The van der Waals surface area contributed by atoms with Crippen LogP contribution in [0, 0.1) is 0 Å². The minimum atomic E-state index is -0.200. The average Bonchev–Trinajstić information content (AvgIpc) is 2.57. The van der Waals surface area contributed by atoms with Crippen molar-refractivity contribution in [3.63, 3.8) is 0 Å². The van der Waals surface area contributed by atoms with Crippen molar-refractivity contribution in [3.8, 4) is 5.75 Å². The summed E-state index contributed by atoms with van der Waals surface area (Å²) in [5.74, 6) is 0.271. The number of carbonyl (C=O) groups is 2. The summed E-state index contributed by atoms with van der Waals surface area (Å²) in [5.41, 5.74) is 1.71. The van der Waals surface area contributed by atoms with E-state index in [-0.39, 0.29) is 36.4 Å². The van der Waals surface area contributed by atoms with E-state index >= 15 is 0 Å². The molecular weight excluding hydrogens is 320 g/mol. The predicted octanol–water partition coefficient (Wildman–Crippen LogP) is 2.00. The second kappa shape index (κ2) is 7.04. The number of carbonyl (C=O) groups excluding carboxylic acids is 2. The molecule has 3 rings (SSSR count). The molecule has 1 saturated heterocycles. The number of hydrogen-bond acceptors (Lipinski definition) is 4. The number of nitrogens with one attached hydrogen (secondary N) is 1. The normalized spacial score (nSPS) is 20.7. The smallest absolute Gasteiger partial charge is 0.265 e. The fraction of sp³-hybridized carbons (Fsp3) is 0.579. The first-order chi connectivity index (χ1) is 11.8. The van der Waals surface area contributed by atoms with E-state index in [9.17, 15) is 9.59 Å². The molecule has 0 unspecified atom stereocenters. The number of nitrogens with zero attached hydrogens (tertiary/aromatic N) is 1. The third-order valence-corrected chi connectivity index (χ3v) is 4.60. The van der Waals surface area contributed by atoms with Gasteiger partial charge >= 0.3 is 0 Å². The Kier molecular flexibility index (Phi) is 4.99. The van der Waals surface area contributed by atoms with Gasteiger partial charge in [0.25, 0.3) is 5.91 Å². The molecule has 1 fully saturated rings. The molecule has 1 N–H and O–H groups in total. The molecule has 6 heteroatoms. The van der Waals surface area contributed by atoms with Gasteiger partial charge in [-0.3, -0.25) is 14.5 Å². The lowest BCUT2D eigenvalue weighted by Gasteiger charge is -2.31. The zero-order valence-electron chi connectivity index (χ0n) is 15.1. The monoisotopic (exact) mass is 346 g/mol. The number of ether oxygens (including phenoxy) is 2. The van der Waals surface area contributed by atoms with Crippen LogP contribution in [0.25, 0.3) is 0 Å². The Balaban J connectivity index is 1.77. The molecule has 2 amide bonds. The number of amides is 2. The van der Waals surface area contributed by atoms with Crippen LogP contribution in [0.15, 0.2) is 18.2 Å². The van der Waals surface area contributed by atoms with Crippen LogP contribution in [-0.2, 0) is 19.7 Å². The molecule has 0 spiro atoms. The summed E-state index contributed by atoms with van der Waals surface area (Å²) >= 11 is 0. The van der Waals surface area contributed by atoms with E-state index in [4.69, 9.17) is 9.47 Å². The Hall–Kier alpha value is -2.08. The largest absolute Gasteiger partial charge is 0.482 e. The van der Waals surface area contributed by atoms with Gasteiger partial charge in [0.1, 0.15) is 12.3 Å². The van der Waals surface area contributed by atoms with Gasteiger partial charge < -0.3 is 14.8 Å². The van der Waals surface area contributed by atoms with E-state index in [2.05, 4.69) is 26.1 Å². The Morgan fingerprint density at radius 3 is 2.84 bits per heavy atom. The van der Waals surface area contributed by atoms with E-state index in [1.807, 2.05) is 18.2 Å². The lowest BCUT2D eigenvalue weighted by atomic mass is 9.86. The van der Waals surface area contributed by atoms with Gasteiger partial charge in [-0.1, -0.05) is 26.8 Å². The second-order valence-electron chi connectivity index (χ2n) is 7.68. The van der Waals surface area contributed by atoms with Crippen LogP contribution in [0.3, 0.4) is 0 Å². The number of anilines is 1. The zero-order chi connectivity index (χ0) is 18.0. The van der Waals surface area contributed by atoms with Crippen molar-refractivity contribution in [2.75, 3.05) is 31.3 Å². The molecule has 0 radical (unpaired) electrons. The van der Waals surface area contributed by atoms with Gasteiger partial charge in [-0.05, 0) is 36.0 Å². The highest BCUT2D eigenvalue weighted by molar-refractivity contribution is 6.02. The van der Waals surface area contributed by atoms with Crippen molar-refractivity contribution in [2.24, 2.45) is 0 Å². The van der Waals surface area contributed by atoms with Crippen LogP contribution in [0.4, 0.5) is 5.69 Å². The Morgan fingerprint density at radius 2 is 2.16 bits per heavy atom. The van der Waals surface area contributed by atoms with Gasteiger partial charge in [0.15, 0.2) is 6.61 Å².